The number of aliphatic carboxylic acids is 2. The molecule has 0 aromatic carbocycles. The third-order valence-corrected chi connectivity index (χ3v) is 2.12. The minimum atomic E-state index is -0.979. The SMILES string of the molecule is CCCCCN[C@H](CCC(=O)O)C(=O)O.[NaH]. The first-order chi connectivity index (χ1) is 7.07. The zero-order valence-corrected chi connectivity index (χ0v) is 9.03. The molecule has 0 radical (unpaired) electrons. The molecule has 0 saturated carbocycles. The van der Waals surface area contributed by atoms with Crippen LogP contribution in [-0.2, 0) is 9.59 Å². The Bertz CT molecular complexity index is 211. The van der Waals surface area contributed by atoms with Gasteiger partial charge in [-0.15, -0.1) is 0 Å². The van der Waals surface area contributed by atoms with Crippen molar-refractivity contribution in [2.45, 2.75) is 45.1 Å². The Labute approximate surface area is 118 Å². The van der Waals surface area contributed by atoms with Gasteiger partial charge in [-0.05, 0) is 19.4 Å². The maximum absolute atomic E-state index is 10.7. The molecule has 0 rings (SSSR count). The Balaban J connectivity index is 0. The van der Waals surface area contributed by atoms with E-state index in [-0.39, 0.29) is 42.4 Å². The van der Waals surface area contributed by atoms with E-state index < -0.39 is 18.0 Å². The molecule has 0 unspecified atom stereocenters. The van der Waals surface area contributed by atoms with Crippen molar-refractivity contribution in [2.24, 2.45) is 0 Å². The van der Waals surface area contributed by atoms with Crippen LogP contribution in [0.2, 0.25) is 0 Å². The molecule has 1 atom stereocenters. The predicted molar refractivity (Wildman–Crippen MR) is 63.0 cm³/mol. The summed E-state index contributed by atoms with van der Waals surface area (Å²) < 4.78 is 0. The van der Waals surface area contributed by atoms with E-state index in [2.05, 4.69) is 12.2 Å². The van der Waals surface area contributed by atoms with Gasteiger partial charge >= 0.3 is 41.5 Å². The zero-order chi connectivity index (χ0) is 11.7. The van der Waals surface area contributed by atoms with E-state index in [4.69, 9.17) is 10.2 Å². The predicted octanol–water partition coefficient (Wildman–Crippen LogP) is 0.436. The van der Waals surface area contributed by atoms with Crippen LogP contribution < -0.4 is 5.32 Å². The van der Waals surface area contributed by atoms with Crippen molar-refractivity contribution in [3.8, 4) is 0 Å². The number of carboxylic acids is 2. The molecule has 3 N–H and O–H groups in total. The second kappa shape index (κ2) is 11.4. The third-order valence-electron chi connectivity index (χ3n) is 2.12. The fourth-order valence-corrected chi connectivity index (χ4v) is 1.23. The van der Waals surface area contributed by atoms with Gasteiger partial charge in [-0.2, -0.15) is 0 Å². The Morgan fingerprint density at radius 2 is 1.88 bits per heavy atom. The van der Waals surface area contributed by atoms with Crippen LogP contribution in [0.5, 0.6) is 0 Å². The molecule has 0 spiro atoms. The van der Waals surface area contributed by atoms with Crippen molar-refractivity contribution in [1.29, 1.82) is 0 Å². The van der Waals surface area contributed by atoms with Gasteiger partial charge in [0.15, 0.2) is 0 Å². The molecular weight excluding hydrogens is 221 g/mol. The number of hydrogen-bond acceptors (Lipinski definition) is 3. The van der Waals surface area contributed by atoms with Crippen molar-refractivity contribution in [3.63, 3.8) is 0 Å². The number of unbranched alkanes of at least 4 members (excludes halogenated alkanes) is 2. The average molecular weight is 241 g/mol. The zero-order valence-electron chi connectivity index (χ0n) is 9.03. The molecule has 0 saturated heterocycles. The summed E-state index contributed by atoms with van der Waals surface area (Å²) in [6.07, 6.45) is 3.08. The monoisotopic (exact) mass is 241 g/mol. The van der Waals surface area contributed by atoms with E-state index in [1.54, 1.807) is 0 Å². The van der Waals surface area contributed by atoms with Gasteiger partial charge in [0, 0.05) is 6.42 Å². The topological polar surface area (TPSA) is 86.6 Å². The summed E-state index contributed by atoms with van der Waals surface area (Å²) in [5, 5.41) is 20.1. The fourth-order valence-electron chi connectivity index (χ4n) is 1.23. The van der Waals surface area contributed by atoms with Crippen LogP contribution in [0.25, 0.3) is 0 Å². The van der Waals surface area contributed by atoms with Gasteiger partial charge in [0.05, 0.1) is 0 Å². The van der Waals surface area contributed by atoms with Gasteiger partial charge in [0.25, 0.3) is 0 Å². The first kappa shape index (κ1) is 18.3. The number of carboxylic acid groups (broad SMARTS) is 2. The van der Waals surface area contributed by atoms with Crippen LogP contribution in [0.1, 0.15) is 39.0 Å². The van der Waals surface area contributed by atoms with Crippen LogP contribution in [-0.4, -0.2) is 64.3 Å². The molecule has 0 aromatic heterocycles. The molecule has 0 bridgehead atoms. The van der Waals surface area contributed by atoms with E-state index in [1.165, 1.54) is 0 Å². The summed E-state index contributed by atoms with van der Waals surface area (Å²) in [6.45, 7) is 2.70. The standard InChI is InChI=1S/C10H19NO4.Na.H/c1-2-3-4-7-11-8(10(14)15)5-6-9(12)13;;/h8,11H,2-7H2,1H3,(H,12,13)(H,14,15);;/t8-;;/m1../s1. The van der Waals surface area contributed by atoms with Crippen LogP contribution in [0, 0.1) is 0 Å². The summed E-state index contributed by atoms with van der Waals surface area (Å²) >= 11 is 0. The van der Waals surface area contributed by atoms with E-state index in [9.17, 15) is 9.59 Å². The number of nitrogens with one attached hydrogen (secondary N) is 1. The van der Waals surface area contributed by atoms with E-state index >= 15 is 0 Å². The van der Waals surface area contributed by atoms with Crippen molar-refractivity contribution in [2.75, 3.05) is 6.54 Å². The average Bonchev–Trinajstić information content (AvgIpc) is 2.15. The van der Waals surface area contributed by atoms with Gasteiger partial charge in [-0.1, -0.05) is 19.8 Å². The first-order valence-electron chi connectivity index (χ1n) is 5.26. The summed E-state index contributed by atoms with van der Waals surface area (Å²) in [7, 11) is 0. The van der Waals surface area contributed by atoms with Gasteiger partial charge < -0.3 is 15.5 Å². The Kier molecular flexibility index (Phi) is 13.0. The maximum atomic E-state index is 10.7. The Morgan fingerprint density at radius 3 is 2.31 bits per heavy atom. The molecule has 0 aliphatic rings. The summed E-state index contributed by atoms with van der Waals surface area (Å²) in [6, 6.07) is -0.738. The van der Waals surface area contributed by atoms with E-state index in [0.717, 1.165) is 19.3 Å². The molecule has 90 valence electrons. The molecule has 0 aliphatic heterocycles. The molecule has 0 heterocycles. The van der Waals surface area contributed by atoms with Crippen molar-refractivity contribution < 1.29 is 19.8 Å². The molecule has 6 heteroatoms. The van der Waals surface area contributed by atoms with E-state index in [1.807, 2.05) is 0 Å². The van der Waals surface area contributed by atoms with Gasteiger partial charge in [0.2, 0.25) is 0 Å². The summed E-state index contributed by atoms with van der Waals surface area (Å²) in [5.74, 6) is -1.94. The van der Waals surface area contributed by atoms with Crippen molar-refractivity contribution in [1.82, 2.24) is 5.32 Å². The van der Waals surface area contributed by atoms with Crippen LogP contribution in [0.15, 0.2) is 0 Å². The number of hydrogen-bond donors (Lipinski definition) is 3. The molecule has 0 aromatic rings. The quantitative estimate of drug-likeness (QED) is 0.402. The summed E-state index contributed by atoms with van der Waals surface area (Å²) in [5.41, 5.74) is 0. The van der Waals surface area contributed by atoms with Gasteiger partial charge in [-0.3, -0.25) is 9.59 Å². The van der Waals surface area contributed by atoms with Crippen LogP contribution >= 0.6 is 0 Å². The number of rotatable bonds is 9. The van der Waals surface area contributed by atoms with Gasteiger partial charge in [0.1, 0.15) is 6.04 Å². The molecule has 0 amide bonds. The Morgan fingerprint density at radius 1 is 1.25 bits per heavy atom. The number of carbonyl (C=O) groups is 2. The molecular formula is C10H20NNaO4. The molecule has 0 aliphatic carbocycles. The Hall–Kier alpha value is -0.100. The van der Waals surface area contributed by atoms with E-state index in [0.29, 0.717) is 6.54 Å². The summed E-state index contributed by atoms with van der Waals surface area (Å²) in [4.78, 5) is 21.0. The first-order valence-corrected chi connectivity index (χ1v) is 5.26. The molecule has 5 nitrogen and oxygen atoms in total. The minimum absolute atomic E-state index is 0. The van der Waals surface area contributed by atoms with Crippen molar-refractivity contribution in [3.05, 3.63) is 0 Å². The van der Waals surface area contributed by atoms with Crippen LogP contribution in [0.3, 0.4) is 0 Å². The molecule has 16 heavy (non-hydrogen) atoms. The normalized spacial score (nSPS) is 11.6. The third kappa shape index (κ3) is 10.4. The van der Waals surface area contributed by atoms with Gasteiger partial charge in [-0.25, -0.2) is 0 Å². The fraction of sp³-hybridized carbons (Fsp3) is 0.800. The van der Waals surface area contributed by atoms with Crippen molar-refractivity contribution >= 4 is 41.5 Å². The second-order valence-electron chi connectivity index (χ2n) is 3.48. The van der Waals surface area contributed by atoms with Crippen LogP contribution in [0.4, 0.5) is 0 Å². The molecule has 0 fully saturated rings. The second-order valence-corrected chi connectivity index (χ2v) is 3.48.